The fourth-order valence-electron chi connectivity index (χ4n) is 3.15. The summed E-state index contributed by atoms with van der Waals surface area (Å²) in [4.78, 5) is 16.4. The number of benzene rings is 2. The molecule has 4 rings (SSSR count). The summed E-state index contributed by atoms with van der Waals surface area (Å²) in [6, 6.07) is 13.0. The number of nitrogens with zero attached hydrogens (tertiary/aromatic N) is 4. The molecule has 0 bridgehead atoms. The van der Waals surface area contributed by atoms with Crippen molar-refractivity contribution in [3.8, 4) is 5.75 Å². The lowest BCUT2D eigenvalue weighted by molar-refractivity contribution is 0.0743. The van der Waals surface area contributed by atoms with Gasteiger partial charge >= 0.3 is 0 Å². The van der Waals surface area contributed by atoms with Gasteiger partial charge in [0.15, 0.2) is 0 Å². The zero-order valence-electron chi connectivity index (χ0n) is 15.1. The minimum atomic E-state index is -0.252. The molecule has 8 heteroatoms. The summed E-state index contributed by atoms with van der Waals surface area (Å²) < 4.78 is 13.0. The number of rotatable bonds is 4. The molecule has 1 fully saturated rings. The number of carbonyl (C=O) groups excluding carboxylic acids is 1. The van der Waals surface area contributed by atoms with Crippen LogP contribution in [0.4, 0.5) is 9.52 Å². The van der Waals surface area contributed by atoms with Crippen LogP contribution < -0.4 is 4.90 Å². The monoisotopic (exact) mass is 398 g/mol. The Labute approximate surface area is 165 Å². The summed E-state index contributed by atoms with van der Waals surface area (Å²) in [5, 5.41) is 20.1. The fourth-order valence-corrected chi connectivity index (χ4v) is 4.07. The highest BCUT2D eigenvalue weighted by molar-refractivity contribution is 7.15. The molecule has 1 saturated heterocycles. The van der Waals surface area contributed by atoms with Crippen LogP contribution in [-0.4, -0.2) is 52.3 Å². The van der Waals surface area contributed by atoms with Gasteiger partial charge in [-0.1, -0.05) is 35.6 Å². The lowest BCUT2D eigenvalue weighted by Gasteiger charge is -2.34. The van der Waals surface area contributed by atoms with Crippen molar-refractivity contribution in [2.24, 2.45) is 0 Å². The van der Waals surface area contributed by atoms with Crippen molar-refractivity contribution in [3.05, 3.63) is 70.5 Å². The molecule has 0 atom stereocenters. The maximum Gasteiger partial charge on any atom is 0.257 e. The van der Waals surface area contributed by atoms with Gasteiger partial charge in [0.1, 0.15) is 16.6 Å². The summed E-state index contributed by atoms with van der Waals surface area (Å²) in [5.41, 5.74) is 1.32. The van der Waals surface area contributed by atoms with Gasteiger partial charge in [0, 0.05) is 32.6 Å². The molecule has 3 aromatic rings. The summed E-state index contributed by atoms with van der Waals surface area (Å²) in [7, 11) is 0. The lowest BCUT2D eigenvalue weighted by Crippen LogP contribution is -2.48. The van der Waals surface area contributed by atoms with E-state index in [1.165, 1.54) is 29.5 Å². The third-order valence-corrected chi connectivity index (χ3v) is 5.68. The molecule has 0 radical (unpaired) electrons. The molecule has 0 saturated carbocycles. The van der Waals surface area contributed by atoms with Crippen LogP contribution in [0.2, 0.25) is 0 Å². The third-order valence-electron chi connectivity index (χ3n) is 4.70. The molecule has 1 aliphatic rings. The van der Waals surface area contributed by atoms with Crippen molar-refractivity contribution >= 4 is 22.4 Å². The number of phenolic OH excluding ortho intramolecular Hbond substituents is 1. The number of amides is 1. The molecule has 1 amide bonds. The van der Waals surface area contributed by atoms with E-state index in [1.807, 2.05) is 0 Å². The number of hydrogen-bond donors (Lipinski definition) is 1. The van der Waals surface area contributed by atoms with Gasteiger partial charge in [-0.15, -0.1) is 10.2 Å². The van der Waals surface area contributed by atoms with Gasteiger partial charge in [0.25, 0.3) is 5.91 Å². The van der Waals surface area contributed by atoms with Crippen LogP contribution in [-0.2, 0) is 6.42 Å². The van der Waals surface area contributed by atoms with Crippen LogP contribution in [0.1, 0.15) is 20.9 Å². The van der Waals surface area contributed by atoms with Gasteiger partial charge in [0.2, 0.25) is 5.13 Å². The first-order valence-corrected chi connectivity index (χ1v) is 9.81. The Morgan fingerprint density at radius 1 is 1.04 bits per heavy atom. The second-order valence-electron chi connectivity index (χ2n) is 6.58. The van der Waals surface area contributed by atoms with Crippen molar-refractivity contribution in [2.45, 2.75) is 6.42 Å². The van der Waals surface area contributed by atoms with Gasteiger partial charge in [-0.2, -0.15) is 0 Å². The number of phenols is 1. The van der Waals surface area contributed by atoms with E-state index in [4.69, 9.17) is 0 Å². The molecule has 0 aliphatic carbocycles. The largest absolute Gasteiger partial charge is 0.507 e. The smallest absolute Gasteiger partial charge is 0.257 e. The van der Waals surface area contributed by atoms with Crippen LogP contribution >= 0.6 is 11.3 Å². The molecule has 1 aliphatic heterocycles. The van der Waals surface area contributed by atoms with Crippen LogP contribution in [0.15, 0.2) is 48.5 Å². The van der Waals surface area contributed by atoms with E-state index in [0.29, 0.717) is 38.2 Å². The molecule has 2 heterocycles. The number of aromatic hydroxyl groups is 1. The molecule has 6 nitrogen and oxygen atoms in total. The van der Waals surface area contributed by atoms with Crippen LogP contribution in [0.25, 0.3) is 0 Å². The van der Waals surface area contributed by atoms with E-state index in [-0.39, 0.29) is 17.5 Å². The minimum absolute atomic E-state index is 0.00416. The maximum absolute atomic E-state index is 13.0. The van der Waals surface area contributed by atoms with E-state index in [0.717, 1.165) is 15.7 Å². The molecule has 144 valence electrons. The Morgan fingerprint density at radius 2 is 1.75 bits per heavy atom. The van der Waals surface area contributed by atoms with E-state index in [2.05, 4.69) is 15.1 Å². The summed E-state index contributed by atoms with van der Waals surface area (Å²) in [6.07, 6.45) is 0.615. The van der Waals surface area contributed by atoms with Gasteiger partial charge in [-0.3, -0.25) is 4.79 Å². The van der Waals surface area contributed by atoms with E-state index < -0.39 is 0 Å². The average molecular weight is 398 g/mol. The van der Waals surface area contributed by atoms with Gasteiger partial charge in [0.05, 0.1) is 5.56 Å². The van der Waals surface area contributed by atoms with Gasteiger partial charge in [-0.25, -0.2) is 4.39 Å². The van der Waals surface area contributed by atoms with E-state index >= 15 is 0 Å². The van der Waals surface area contributed by atoms with Crippen LogP contribution in [0.5, 0.6) is 5.75 Å². The number of para-hydroxylation sites is 1. The fraction of sp³-hybridized carbons (Fsp3) is 0.250. The van der Waals surface area contributed by atoms with Crippen molar-refractivity contribution in [1.82, 2.24) is 15.1 Å². The van der Waals surface area contributed by atoms with E-state index in [9.17, 15) is 14.3 Å². The maximum atomic E-state index is 13.0. The lowest BCUT2D eigenvalue weighted by atomic mass is 10.1. The Hall–Kier alpha value is -3.00. The van der Waals surface area contributed by atoms with Crippen molar-refractivity contribution in [3.63, 3.8) is 0 Å². The standard InChI is InChI=1S/C20H19FN4O2S/c21-15-7-5-14(6-8-15)13-18-22-23-20(28-18)25-11-9-24(10-12-25)19(27)16-3-1-2-4-17(16)26/h1-8,26H,9-13H2. The molecule has 0 spiro atoms. The highest BCUT2D eigenvalue weighted by atomic mass is 32.1. The quantitative estimate of drug-likeness (QED) is 0.732. The van der Waals surface area contributed by atoms with Gasteiger partial charge < -0.3 is 14.9 Å². The predicted octanol–water partition coefficient (Wildman–Crippen LogP) is 2.94. The SMILES string of the molecule is O=C(c1ccccc1O)N1CCN(c2nnc(Cc3ccc(F)cc3)s2)CC1. The van der Waals surface area contributed by atoms with Gasteiger partial charge in [-0.05, 0) is 29.8 Å². The molecular formula is C20H19FN4O2S. The number of piperazine rings is 1. The Bertz CT molecular complexity index is 968. The molecule has 28 heavy (non-hydrogen) atoms. The van der Waals surface area contributed by atoms with Crippen molar-refractivity contribution < 1.29 is 14.3 Å². The van der Waals surface area contributed by atoms with Crippen LogP contribution in [0, 0.1) is 5.82 Å². The number of halogens is 1. The second kappa shape index (κ2) is 7.93. The normalized spacial score (nSPS) is 14.3. The molecule has 0 unspecified atom stereocenters. The topological polar surface area (TPSA) is 69.6 Å². The number of carbonyl (C=O) groups is 1. The first kappa shape index (κ1) is 18.4. The van der Waals surface area contributed by atoms with E-state index in [1.54, 1.807) is 35.2 Å². The predicted molar refractivity (Wildman–Crippen MR) is 105 cm³/mol. The molecule has 1 aromatic heterocycles. The number of aromatic nitrogens is 2. The average Bonchev–Trinajstić information content (AvgIpc) is 3.18. The second-order valence-corrected chi connectivity index (χ2v) is 7.62. The highest BCUT2D eigenvalue weighted by Gasteiger charge is 2.25. The summed E-state index contributed by atoms with van der Waals surface area (Å²) in [5.74, 6) is -0.408. The van der Waals surface area contributed by atoms with Crippen molar-refractivity contribution in [1.29, 1.82) is 0 Å². The van der Waals surface area contributed by atoms with Crippen molar-refractivity contribution in [2.75, 3.05) is 31.1 Å². The van der Waals surface area contributed by atoms with Crippen LogP contribution in [0.3, 0.4) is 0 Å². The first-order valence-electron chi connectivity index (χ1n) is 8.99. The molecular weight excluding hydrogens is 379 g/mol. The summed E-state index contributed by atoms with van der Waals surface area (Å²) in [6.45, 7) is 2.43. The zero-order valence-corrected chi connectivity index (χ0v) is 15.9. The minimum Gasteiger partial charge on any atom is -0.507 e. The zero-order chi connectivity index (χ0) is 19.5. The first-order chi connectivity index (χ1) is 13.6. The number of anilines is 1. The number of hydrogen-bond acceptors (Lipinski definition) is 6. The Balaban J connectivity index is 1.36. The Kier molecular flexibility index (Phi) is 5.21. The highest BCUT2D eigenvalue weighted by Crippen LogP contribution is 2.25. The molecule has 1 N–H and O–H groups in total. The Morgan fingerprint density at radius 3 is 2.46 bits per heavy atom. The molecule has 2 aromatic carbocycles. The third kappa shape index (κ3) is 3.96. The summed E-state index contributed by atoms with van der Waals surface area (Å²) >= 11 is 1.51.